The summed E-state index contributed by atoms with van der Waals surface area (Å²) < 4.78 is 39.0. The molecule has 7 heteroatoms. The van der Waals surface area contributed by atoms with E-state index in [2.05, 4.69) is 21.4 Å². The fourth-order valence-corrected chi connectivity index (χ4v) is 3.62. The lowest BCUT2D eigenvalue weighted by molar-refractivity contribution is 0.271. The number of anilines is 1. The van der Waals surface area contributed by atoms with Crippen molar-refractivity contribution >= 4 is 15.7 Å². The standard InChI is InChI=1S/C15H24FN3O2S/c1-4-18-7-9-19(10-8-18)15-6-5-13(16)11-14(15)12(2)17-22(3,20)21/h5-6,11-12,17H,4,7-10H2,1-3H3. The summed E-state index contributed by atoms with van der Waals surface area (Å²) >= 11 is 0. The number of sulfonamides is 1. The molecule has 1 heterocycles. The number of halogens is 1. The van der Waals surface area contributed by atoms with E-state index in [1.54, 1.807) is 13.0 Å². The Morgan fingerprint density at radius 1 is 1.27 bits per heavy atom. The van der Waals surface area contributed by atoms with Crippen LogP contribution in [0.3, 0.4) is 0 Å². The van der Waals surface area contributed by atoms with Gasteiger partial charge in [-0.1, -0.05) is 6.92 Å². The van der Waals surface area contributed by atoms with E-state index in [1.165, 1.54) is 12.1 Å². The van der Waals surface area contributed by atoms with Crippen LogP contribution in [0.4, 0.5) is 10.1 Å². The lowest BCUT2D eigenvalue weighted by atomic mass is 10.0. The molecular weight excluding hydrogens is 305 g/mol. The predicted molar refractivity (Wildman–Crippen MR) is 87.1 cm³/mol. The van der Waals surface area contributed by atoms with Gasteiger partial charge >= 0.3 is 0 Å². The highest BCUT2D eigenvalue weighted by Crippen LogP contribution is 2.28. The Bertz CT molecular complexity index is 613. The maximum atomic E-state index is 13.6. The molecule has 1 fully saturated rings. The quantitative estimate of drug-likeness (QED) is 0.891. The number of rotatable bonds is 5. The monoisotopic (exact) mass is 329 g/mol. The summed E-state index contributed by atoms with van der Waals surface area (Å²) in [5.41, 5.74) is 1.58. The zero-order valence-corrected chi connectivity index (χ0v) is 14.2. The molecule has 1 aliphatic heterocycles. The highest BCUT2D eigenvalue weighted by molar-refractivity contribution is 7.88. The zero-order chi connectivity index (χ0) is 16.3. The molecule has 1 aromatic rings. The maximum Gasteiger partial charge on any atom is 0.209 e. The molecule has 1 saturated heterocycles. The molecule has 0 amide bonds. The molecule has 0 bridgehead atoms. The van der Waals surface area contributed by atoms with Gasteiger partial charge in [-0.05, 0) is 37.2 Å². The van der Waals surface area contributed by atoms with Gasteiger partial charge in [0, 0.05) is 37.9 Å². The average Bonchev–Trinajstić information content (AvgIpc) is 2.45. The fourth-order valence-electron chi connectivity index (χ4n) is 2.85. The molecule has 0 saturated carbocycles. The summed E-state index contributed by atoms with van der Waals surface area (Å²) in [7, 11) is -3.34. The van der Waals surface area contributed by atoms with Crippen molar-refractivity contribution in [2.24, 2.45) is 0 Å². The third kappa shape index (κ3) is 4.41. The second-order valence-corrected chi connectivity index (χ2v) is 7.52. The van der Waals surface area contributed by atoms with Gasteiger partial charge in [0.25, 0.3) is 0 Å². The van der Waals surface area contributed by atoms with Gasteiger partial charge in [-0.25, -0.2) is 17.5 Å². The average molecular weight is 329 g/mol. The van der Waals surface area contributed by atoms with Gasteiger partial charge in [-0.15, -0.1) is 0 Å². The molecule has 1 atom stereocenters. The third-order valence-corrected chi connectivity index (χ3v) is 4.79. The third-order valence-electron chi connectivity index (χ3n) is 4.01. The summed E-state index contributed by atoms with van der Waals surface area (Å²) in [6, 6.07) is 4.12. The highest BCUT2D eigenvalue weighted by atomic mass is 32.2. The SMILES string of the molecule is CCN1CCN(c2ccc(F)cc2C(C)NS(C)(=O)=O)CC1. The van der Waals surface area contributed by atoms with E-state index in [1.807, 2.05) is 0 Å². The van der Waals surface area contributed by atoms with Gasteiger partial charge in [-0.2, -0.15) is 0 Å². The second-order valence-electron chi connectivity index (χ2n) is 5.74. The van der Waals surface area contributed by atoms with Crippen LogP contribution in [0.25, 0.3) is 0 Å². The van der Waals surface area contributed by atoms with E-state index in [9.17, 15) is 12.8 Å². The van der Waals surface area contributed by atoms with E-state index in [0.717, 1.165) is 44.7 Å². The summed E-state index contributed by atoms with van der Waals surface area (Å²) in [6.45, 7) is 8.54. The van der Waals surface area contributed by atoms with Crippen molar-refractivity contribution in [1.82, 2.24) is 9.62 Å². The van der Waals surface area contributed by atoms with Crippen molar-refractivity contribution < 1.29 is 12.8 Å². The first-order valence-electron chi connectivity index (χ1n) is 7.54. The van der Waals surface area contributed by atoms with E-state index >= 15 is 0 Å². The molecule has 0 radical (unpaired) electrons. The number of nitrogens with zero attached hydrogens (tertiary/aromatic N) is 2. The smallest absolute Gasteiger partial charge is 0.209 e. The van der Waals surface area contributed by atoms with Gasteiger partial charge in [0.2, 0.25) is 10.0 Å². The molecule has 2 rings (SSSR count). The number of hydrogen-bond acceptors (Lipinski definition) is 4. The molecule has 1 aliphatic rings. The predicted octanol–water partition coefficient (Wildman–Crippen LogP) is 1.58. The Morgan fingerprint density at radius 3 is 2.45 bits per heavy atom. The topological polar surface area (TPSA) is 52.6 Å². The van der Waals surface area contributed by atoms with Gasteiger partial charge in [-0.3, -0.25) is 0 Å². The van der Waals surface area contributed by atoms with Crippen molar-refractivity contribution in [3.8, 4) is 0 Å². The van der Waals surface area contributed by atoms with Crippen LogP contribution in [0.15, 0.2) is 18.2 Å². The first kappa shape index (κ1) is 17.2. The Hall–Kier alpha value is -1.18. The summed E-state index contributed by atoms with van der Waals surface area (Å²) in [5, 5.41) is 0. The molecule has 0 spiro atoms. The Kier molecular flexibility index (Phi) is 5.41. The number of likely N-dealkylation sites (N-methyl/N-ethyl adjacent to an activating group) is 1. The van der Waals surface area contributed by atoms with Gasteiger partial charge < -0.3 is 9.80 Å². The van der Waals surface area contributed by atoms with Crippen LogP contribution in [-0.2, 0) is 10.0 Å². The Balaban J connectivity index is 2.24. The van der Waals surface area contributed by atoms with Crippen LogP contribution in [0.1, 0.15) is 25.5 Å². The minimum atomic E-state index is -3.34. The van der Waals surface area contributed by atoms with E-state index in [4.69, 9.17) is 0 Å². The minimum Gasteiger partial charge on any atom is -0.369 e. The number of piperazine rings is 1. The number of nitrogens with one attached hydrogen (secondary N) is 1. The van der Waals surface area contributed by atoms with Crippen LogP contribution >= 0.6 is 0 Å². The lowest BCUT2D eigenvalue weighted by Gasteiger charge is -2.37. The summed E-state index contributed by atoms with van der Waals surface area (Å²) in [6.07, 6.45) is 1.11. The largest absolute Gasteiger partial charge is 0.369 e. The van der Waals surface area contributed by atoms with Gasteiger partial charge in [0.1, 0.15) is 5.82 Å². The molecule has 0 aromatic heterocycles. The van der Waals surface area contributed by atoms with Gasteiger partial charge in [0.05, 0.1) is 6.26 Å². The molecule has 22 heavy (non-hydrogen) atoms. The Labute approximate surface area is 132 Å². The molecule has 1 N–H and O–H groups in total. The molecule has 1 aromatic carbocycles. The van der Waals surface area contributed by atoms with Crippen molar-refractivity contribution in [2.45, 2.75) is 19.9 Å². The first-order valence-corrected chi connectivity index (χ1v) is 9.43. The fraction of sp³-hybridized carbons (Fsp3) is 0.600. The van der Waals surface area contributed by atoms with E-state index in [-0.39, 0.29) is 5.82 Å². The van der Waals surface area contributed by atoms with Crippen LogP contribution < -0.4 is 9.62 Å². The Morgan fingerprint density at radius 2 is 1.91 bits per heavy atom. The second kappa shape index (κ2) is 6.93. The van der Waals surface area contributed by atoms with Crippen LogP contribution in [-0.4, -0.2) is 52.3 Å². The van der Waals surface area contributed by atoms with Crippen LogP contribution in [0, 0.1) is 5.82 Å². The molecular formula is C15H24FN3O2S. The lowest BCUT2D eigenvalue weighted by Crippen LogP contribution is -2.46. The first-order chi connectivity index (χ1) is 10.3. The van der Waals surface area contributed by atoms with Crippen molar-refractivity contribution in [1.29, 1.82) is 0 Å². The minimum absolute atomic E-state index is 0.354. The van der Waals surface area contributed by atoms with E-state index in [0.29, 0.717) is 5.56 Å². The zero-order valence-electron chi connectivity index (χ0n) is 13.3. The molecule has 5 nitrogen and oxygen atoms in total. The number of benzene rings is 1. The highest BCUT2D eigenvalue weighted by Gasteiger charge is 2.22. The molecule has 124 valence electrons. The van der Waals surface area contributed by atoms with Crippen molar-refractivity contribution in [3.05, 3.63) is 29.6 Å². The summed E-state index contributed by atoms with van der Waals surface area (Å²) in [4.78, 5) is 4.55. The maximum absolute atomic E-state index is 13.6. The van der Waals surface area contributed by atoms with Crippen molar-refractivity contribution in [2.75, 3.05) is 43.9 Å². The van der Waals surface area contributed by atoms with Crippen LogP contribution in [0.5, 0.6) is 0 Å². The van der Waals surface area contributed by atoms with Crippen molar-refractivity contribution in [3.63, 3.8) is 0 Å². The molecule has 0 aliphatic carbocycles. The van der Waals surface area contributed by atoms with Crippen LogP contribution in [0.2, 0.25) is 0 Å². The van der Waals surface area contributed by atoms with Gasteiger partial charge in [0.15, 0.2) is 0 Å². The molecule has 1 unspecified atom stereocenters. The van der Waals surface area contributed by atoms with E-state index < -0.39 is 16.1 Å². The summed E-state index contributed by atoms with van der Waals surface area (Å²) in [5.74, 6) is -0.354. The normalized spacial score (nSPS) is 18.5. The number of hydrogen-bond donors (Lipinski definition) is 1.